The van der Waals surface area contributed by atoms with Crippen LogP contribution in [0.5, 0.6) is 0 Å². The molecule has 0 atom stereocenters. The molecule has 2 aromatic heterocycles. The predicted octanol–water partition coefficient (Wildman–Crippen LogP) is 1.58. The number of piperazine rings is 1. The van der Waals surface area contributed by atoms with Crippen LogP contribution in [0.1, 0.15) is 16.4 Å². The zero-order valence-electron chi connectivity index (χ0n) is 12.0. The number of aryl methyl sites for hydroxylation is 3. The van der Waals surface area contributed by atoms with Crippen LogP contribution in [0.25, 0.3) is 0 Å². The fraction of sp³-hybridized carbons (Fsp3) is 0.538. The van der Waals surface area contributed by atoms with Gasteiger partial charge in [-0.3, -0.25) is 0 Å². The number of anilines is 2. The maximum atomic E-state index is 4.53. The van der Waals surface area contributed by atoms with E-state index in [1.165, 1.54) is 0 Å². The molecule has 0 saturated carbocycles. The minimum atomic E-state index is 0.843. The van der Waals surface area contributed by atoms with Crippen LogP contribution in [-0.4, -0.2) is 46.3 Å². The molecule has 6 nitrogen and oxygen atoms in total. The second-order valence-electron chi connectivity index (χ2n) is 5.03. The first-order valence-corrected chi connectivity index (χ1v) is 7.56. The van der Waals surface area contributed by atoms with Crippen molar-refractivity contribution >= 4 is 22.4 Å². The maximum Gasteiger partial charge on any atom is 0.225 e. The Labute approximate surface area is 122 Å². The quantitative estimate of drug-likeness (QED) is 0.837. The van der Waals surface area contributed by atoms with Crippen molar-refractivity contribution in [2.45, 2.75) is 20.8 Å². The predicted molar refractivity (Wildman–Crippen MR) is 80.6 cm³/mol. The van der Waals surface area contributed by atoms with Crippen LogP contribution >= 0.6 is 11.3 Å². The van der Waals surface area contributed by atoms with Crippen molar-refractivity contribution in [3.05, 3.63) is 22.5 Å². The van der Waals surface area contributed by atoms with E-state index in [-0.39, 0.29) is 0 Å². The number of hydrogen-bond acceptors (Lipinski definition) is 7. The van der Waals surface area contributed by atoms with Gasteiger partial charge >= 0.3 is 0 Å². The van der Waals surface area contributed by atoms with E-state index in [1.807, 2.05) is 26.8 Å². The molecule has 7 heteroatoms. The minimum Gasteiger partial charge on any atom is -0.343 e. The molecule has 1 fully saturated rings. The molecule has 3 rings (SSSR count). The van der Waals surface area contributed by atoms with E-state index in [1.54, 1.807) is 11.3 Å². The Morgan fingerprint density at radius 1 is 0.900 bits per heavy atom. The Kier molecular flexibility index (Phi) is 3.52. The first kappa shape index (κ1) is 13.2. The molecule has 0 bridgehead atoms. The molecule has 0 unspecified atom stereocenters. The van der Waals surface area contributed by atoms with E-state index in [0.717, 1.165) is 53.7 Å². The van der Waals surface area contributed by atoms with Crippen LogP contribution in [0.3, 0.4) is 0 Å². The summed E-state index contributed by atoms with van der Waals surface area (Å²) in [5.41, 5.74) is 2.05. The van der Waals surface area contributed by atoms with E-state index in [2.05, 4.69) is 30.0 Å². The largest absolute Gasteiger partial charge is 0.343 e. The van der Waals surface area contributed by atoms with Crippen molar-refractivity contribution in [1.29, 1.82) is 0 Å². The van der Waals surface area contributed by atoms with E-state index < -0.39 is 0 Å². The lowest BCUT2D eigenvalue weighted by Crippen LogP contribution is -2.47. The van der Waals surface area contributed by atoms with Gasteiger partial charge in [-0.15, -0.1) is 10.2 Å². The van der Waals surface area contributed by atoms with Crippen molar-refractivity contribution in [2.24, 2.45) is 0 Å². The topological polar surface area (TPSA) is 58.0 Å². The Morgan fingerprint density at radius 2 is 1.50 bits per heavy atom. The molecule has 0 amide bonds. The third kappa shape index (κ3) is 2.72. The van der Waals surface area contributed by atoms with Gasteiger partial charge in [-0.1, -0.05) is 11.3 Å². The molecule has 0 radical (unpaired) electrons. The van der Waals surface area contributed by atoms with Gasteiger partial charge in [0.25, 0.3) is 0 Å². The third-order valence-electron chi connectivity index (χ3n) is 3.32. The molecule has 2 aromatic rings. The minimum absolute atomic E-state index is 0.843. The van der Waals surface area contributed by atoms with Gasteiger partial charge in [-0.05, 0) is 26.8 Å². The molecule has 0 N–H and O–H groups in total. The normalized spacial score (nSPS) is 15.8. The lowest BCUT2D eigenvalue weighted by molar-refractivity contribution is 0.635. The van der Waals surface area contributed by atoms with E-state index >= 15 is 0 Å². The number of nitrogens with zero attached hydrogens (tertiary/aromatic N) is 6. The summed E-state index contributed by atoms with van der Waals surface area (Å²) in [6.07, 6.45) is 0. The Bertz CT molecular complexity index is 582. The summed E-state index contributed by atoms with van der Waals surface area (Å²) in [6.45, 7) is 9.72. The van der Waals surface area contributed by atoms with Gasteiger partial charge in [0, 0.05) is 37.6 Å². The third-order valence-corrected chi connectivity index (χ3v) is 4.22. The van der Waals surface area contributed by atoms with Gasteiger partial charge in [-0.2, -0.15) is 0 Å². The highest BCUT2D eigenvalue weighted by Crippen LogP contribution is 2.22. The van der Waals surface area contributed by atoms with Crippen LogP contribution in [0.15, 0.2) is 6.07 Å². The molecular weight excluding hydrogens is 272 g/mol. The monoisotopic (exact) mass is 290 g/mol. The molecule has 106 valence electrons. The molecule has 1 aliphatic rings. The second-order valence-corrected chi connectivity index (χ2v) is 6.19. The standard InChI is InChI=1S/C13H18N6S/c1-9-8-10(2)15-12(14-9)18-4-6-19(7-5-18)13-17-16-11(3)20-13/h8H,4-7H2,1-3H3. The molecule has 0 aliphatic carbocycles. The summed E-state index contributed by atoms with van der Waals surface area (Å²) in [7, 11) is 0. The lowest BCUT2D eigenvalue weighted by Gasteiger charge is -2.34. The summed E-state index contributed by atoms with van der Waals surface area (Å²) in [6, 6.07) is 2.00. The maximum absolute atomic E-state index is 4.53. The molecule has 1 aliphatic heterocycles. The summed E-state index contributed by atoms with van der Waals surface area (Å²) < 4.78 is 0. The summed E-state index contributed by atoms with van der Waals surface area (Å²) in [5.74, 6) is 0.843. The Balaban J connectivity index is 1.69. The van der Waals surface area contributed by atoms with Crippen LogP contribution in [-0.2, 0) is 0 Å². The van der Waals surface area contributed by atoms with Gasteiger partial charge in [-0.25, -0.2) is 9.97 Å². The van der Waals surface area contributed by atoms with Gasteiger partial charge in [0.2, 0.25) is 11.1 Å². The van der Waals surface area contributed by atoms with Gasteiger partial charge in [0.1, 0.15) is 5.01 Å². The molecular formula is C13H18N6S. The van der Waals surface area contributed by atoms with Crippen molar-refractivity contribution in [1.82, 2.24) is 20.2 Å². The Hall–Kier alpha value is -1.76. The number of hydrogen-bond donors (Lipinski definition) is 0. The van der Waals surface area contributed by atoms with Gasteiger partial charge in [0.05, 0.1) is 0 Å². The zero-order chi connectivity index (χ0) is 14.1. The molecule has 0 aromatic carbocycles. The molecule has 20 heavy (non-hydrogen) atoms. The van der Waals surface area contributed by atoms with E-state index in [0.29, 0.717) is 0 Å². The fourth-order valence-electron chi connectivity index (χ4n) is 2.36. The van der Waals surface area contributed by atoms with E-state index in [9.17, 15) is 0 Å². The highest BCUT2D eigenvalue weighted by Gasteiger charge is 2.21. The van der Waals surface area contributed by atoms with Crippen LogP contribution < -0.4 is 9.80 Å². The van der Waals surface area contributed by atoms with Crippen LogP contribution in [0.4, 0.5) is 11.1 Å². The number of rotatable bonds is 2. The smallest absolute Gasteiger partial charge is 0.225 e. The van der Waals surface area contributed by atoms with E-state index in [4.69, 9.17) is 0 Å². The average molecular weight is 290 g/mol. The van der Waals surface area contributed by atoms with Crippen LogP contribution in [0, 0.1) is 20.8 Å². The molecule has 1 saturated heterocycles. The van der Waals surface area contributed by atoms with Gasteiger partial charge < -0.3 is 9.80 Å². The van der Waals surface area contributed by atoms with Gasteiger partial charge in [0.15, 0.2) is 0 Å². The highest BCUT2D eigenvalue weighted by atomic mass is 32.1. The van der Waals surface area contributed by atoms with Crippen molar-refractivity contribution < 1.29 is 0 Å². The first-order valence-electron chi connectivity index (χ1n) is 6.74. The zero-order valence-corrected chi connectivity index (χ0v) is 12.8. The number of aromatic nitrogens is 4. The lowest BCUT2D eigenvalue weighted by atomic mass is 10.3. The first-order chi connectivity index (χ1) is 9.61. The van der Waals surface area contributed by atoms with Crippen LogP contribution in [0.2, 0.25) is 0 Å². The summed E-state index contributed by atoms with van der Waals surface area (Å²) in [5, 5.41) is 10.3. The average Bonchev–Trinajstić information content (AvgIpc) is 2.84. The second kappa shape index (κ2) is 5.32. The fourth-order valence-corrected chi connectivity index (χ4v) is 3.10. The molecule has 0 spiro atoms. The summed E-state index contributed by atoms with van der Waals surface area (Å²) in [4.78, 5) is 13.6. The summed E-state index contributed by atoms with van der Waals surface area (Å²) >= 11 is 1.65. The van der Waals surface area contributed by atoms with Crippen molar-refractivity contribution in [2.75, 3.05) is 36.0 Å². The molecule has 3 heterocycles. The highest BCUT2D eigenvalue weighted by molar-refractivity contribution is 7.15. The van der Waals surface area contributed by atoms with Crippen molar-refractivity contribution in [3.8, 4) is 0 Å². The SMILES string of the molecule is Cc1cc(C)nc(N2CCN(c3nnc(C)s3)CC2)n1. The Morgan fingerprint density at radius 3 is 2.05 bits per heavy atom. The van der Waals surface area contributed by atoms with Crippen molar-refractivity contribution in [3.63, 3.8) is 0 Å².